The van der Waals surface area contributed by atoms with Crippen molar-refractivity contribution < 1.29 is 14.3 Å². The average Bonchev–Trinajstić information content (AvgIpc) is 2.92. The predicted octanol–water partition coefficient (Wildman–Crippen LogP) is 2.84. The van der Waals surface area contributed by atoms with Gasteiger partial charge in [0.25, 0.3) is 5.91 Å². The monoisotopic (exact) mass is 323 g/mol. The van der Waals surface area contributed by atoms with E-state index < -0.39 is 11.9 Å². The summed E-state index contributed by atoms with van der Waals surface area (Å²) in [4.78, 5) is 33.7. The smallest absolute Gasteiger partial charge is 0.326 e. The highest BCUT2D eigenvalue weighted by molar-refractivity contribution is 6.14. The molecule has 2 N–H and O–H groups in total. The van der Waals surface area contributed by atoms with E-state index in [1.165, 1.54) is 12.1 Å². The molecule has 1 aliphatic rings. The second-order valence-corrected chi connectivity index (χ2v) is 5.05. The summed E-state index contributed by atoms with van der Waals surface area (Å²) >= 11 is 0. The molecule has 7 nitrogen and oxygen atoms in total. The van der Waals surface area contributed by atoms with E-state index in [-0.39, 0.29) is 11.4 Å². The molecule has 7 heteroatoms. The van der Waals surface area contributed by atoms with Gasteiger partial charge in [0.15, 0.2) is 0 Å². The number of imide groups is 1. The number of amides is 3. The van der Waals surface area contributed by atoms with Crippen LogP contribution in [0.4, 0.5) is 10.5 Å². The number of hydrogen-bond donors (Lipinski definition) is 2. The molecule has 0 aliphatic carbocycles. The summed E-state index contributed by atoms with van der Waals surface area (Å²) in [7, 11) is 0. The molecular formula is C17H13N3O4. The van der Waals surface area contributed by atoms with Gasteiger partial charge >= 0.3 is 6.03 Å². The number of ether oxygens (including phenoxy) is 1. The minimum absolute atomic E-state index is 0.0582. The lowest BCUT2D eigenvalue weighted by Gasteiger charge is -2.08. The molecule has 1 saturated heterocycles. The second-order valence-electron chi connectivity index (χ2n) is 5.05. The van der Waals surface area contributed by atoms with E-state index in [9.17, 15) is 14.5 Å². The molecule has 1 heterocycles. The zero-order chi connectivity index (χ0) is 16.9. The maximum Gasteiger partial charge on any atom is 0.326 e. The zero-order valence-corrected chi connectivity index (χ0v) is 12.5. The van der Waals surface area contributed by atoms with Crippen LogP contribution in [0.1, 0.15) is 11.1 Å². The van der Waals surface area contributed by atoms with Crippen LogP contribution in [0.2, 0.25) is 0 Å². The first-order chi connectivity index (χ1) is 11.7. The van der Waals surface area contributed by atoms with Gasteiger partial charge in [-0.1, -0.05) is 30.3 Å². The molecule has 0 bridgehead atoms. The molecule has 0 radical (unpaired) electrons. The summed E-state index contributed by atoms with van der Waals surface area (Å²) in [5, 5.41) is 7.39. The molecule has 0 atom stereocenters. The Balaban J connectivity index is 1.78. The fraction of sp³-hybridized carbons (Fsp3) is 0.0588. The highest BCUT2D eigenvalue weighted by atomic mass is 16.5. The summed E-state index contributed by atoms with van der Waals surface area (Å²) < 4.78 is 5.63. The third-order valence-corrected chi connectivity index (χ3v) is 3.37. The van der Waals surface area contributed by atoms with Crippen molar-refractivity contribution in [3.8, 4) is 5.75 Å². The van der Waals surface area contributed by atoms with Crippen LogP contribution in [-0.2, 0) is 11.4 Å². The fourth-order valence-electron chi connectivity index (χ4n) is 2.19. The first-order valence-corrected chi connectivity index (χ1v) is 7.14. The van der Waals surface area contributed by atoms with Gasteiger partial charge < -0.3 is 10.1 Å². The largest absolute Gasteiger partial charge is 0.489 e. The Morgan fingerprint density at radius 1 is 1.04 bits per heavy atom. The summed E-state index contributed by atoms with van der Waals surface area (Å²) in [5.74, 6) is -0.0724. The molecular weight excluding hydrogens is 310 g/mol. The fourth-order valence-corrected chi connectivity index (χ4v) is 2.19. The van der Waals surface area contributed by atoms with E-state index in [0.717, 1.165) is 5.56 Å². The van der Waals surface area contributed by atoms with Crippen LogP contribution in [0.25, 0.3) is 6.08 Å². The molecule has 0 aromatic heterocycles. The van der Waals surface area contributed by atoms with Crippen LogP contribution in [0.15, 0.2) is 59.4 Å². The van der Waals surface area contributed by atoms with Crippen molar-refractivity contribution in [3.63, 3.8) is 0 Å². The molecule has 2 aromatic rings. The van der Waals surface area contributed by atoms with Crippen molar-refractivity contribution in [1.82, 2.24) is 10.6 Å². The Hall–Kier alpha value is -3.48. The topological polar surface area (TPSA) is 96.9 Å². The average molecular weight is 323 g/mol. The van der Waals surface area contributed by atoms with Crippen LogP contribution in [0.3, 0.4) is 0 Å². The lowest BCUT2D eigenvalue weighted by molar-refractivity contribution is -0.115. The van der Waals surface area contributed by atoms with Gasteiger partial charge in [0.1, 0.15) is 23.7 Å². The molecule has 24 heavy (non-hydrogen) atoms. The van der Waals surface area contributed by atoms with Gasteiger partial charge in [-0.15, -0.1) is 4.91 Å². The first-order valence-electron chi connectivity index (χ1n) is 7.14. The zero-order valence-electron chi connectivity index (χ0n) is 12.5. The number of carbonyl (C=O) groups excluding carboxylic acids is 2. The normalized spacial score (nSPS) is 15.1. The summed E-state index contributed by atoms with van der Waals surface area (Å²) in [6, 6.07) is 13.7. The van der Waals surface area contributed by atoms with Crippen molar-refractivity contribution >= 4 is 23.7 Å². The molecule has 0 unspecified atom stereocenters. The van der Waals surface area contributed by atoms with E-state index in [1.54, 1.807) is 12.1 Å². The molecule has 1 aliphatic heterocycles. The van der Waals surface area contributed by atoms with Crippen LogP contribution in [0, 0.1) is 4.91 Å². The van der Waals surface area contributed by atoms with Gasteiger partial charge in [-0.05, 0) is 28.9 Å². The SMILES string of the molecule is O=Nc1cc(OCc2ccccc2)ccc1/C=C1/NC(=O)NC1=O. The number of hydrogen-bond acceptors (Lipinski definition) is 5. The van der Waals surface area contributed by atoms with Crippen LogP contribution in [-0.4, -0.2) is 11.9 Å². The summed E-state index contributed by atoms with van der Waals surface area (Å²) in [6.07, 6.45) is 1.39. The Kier molecular flexibility index (Phi) is 4.33. The molecule has 120 valence electrons. The van der Waals surface area contributed by atoms with Gasteiger partial charge in [0.05, 0.1) is 0 Å². The molecule has 1 fully saturated rings. The number of benzene rings is 2. The number of nitrogens with one attached hydrogen (secondary N) is 2. The molecule has 0 spiro atoms. The van der Waals surface area contributed by atoms with Crippen LogP contribution < -0.4 is 15.4 Å². The number of carbonyl (C=O) groups is 2. The second kappa shape index (κ2) is 6.74. The maximum atomic E-state index is 11.5. The quantitative estimate of drug-likeness (QED) is 0.502. The van der Waals surface area contributed by atoms with E-state index in [4.69, 9.17) is 4.74 Å². The molecule has 2 aromatic carbocycles. The minimum atomic E-state index is -0.602. The molecule has 0 saturated carbocycles. The van der Waals surface area contributed by atoms with Crippen molar-refractivity contribution in [2.24, 2.45) is 5.18 Å². The Labute approximate surface area is 137 Å². The van der Waals surface area contributed by atoms with Gasteiger partial charge in [-0.2, -0.15) is 0 Å². The van der Waals surface area contributed by atoms with Crippen molar-refractivity contribution in [2.45, 2.75) is 6.61 Å². The van der Waals surface area contributed by atoms with Crippen LogP contribution >= 0.6 is 0 Å². The minimum Gasteiger partial charge on any atom is -0.489 e. The maximum absolute atomic E-state index is 11.5. The van der Waals surface area contributed by atoms with Crippen molar-refractivity contribution in [2.75, 3.05) is 0 Å². The van der Waals surface area contributed by atoms with E-state index in [2.05, 4.69) is 15.8 Å². The highest BCUT2D eigenvalue weighted by Crippen LogP contribution is 2.27. The highest BCUT2D eigenvalue weighted by Gasteiger charge is 2.23. The van der Waals surface area contributed by atoms with Gasteiger partial charge in [0.2, 0.25) is 0 Å². The number of rotatable bonds is 5. The molecule has 3 amide bonds. The molecule has 3 rings (SSSR count). The Morgan fingerprint density at radius 3 is 2.50 bits per heavy atom. The Bertz CT molecular complexity index is 831. The van der Waals surface area contributed by atoms with Gasteiger partial charge in [-0.3, -0.25) is 10.1 Å². The van der Waals surface area contributed by atoms with E-state index in [1.807, 2.05) is 30.3 Å². The first kappa shape index (κ1) is 15.4. The van der Waals surface area contributed by atoms with Crippen molar-refractivity contribution in [1.29, 1.82) is 0 Å². The van der Waals surface area contributed by atoms with E-state index in [0.29, 0.717) is 17.9 Å². The lowest BCUT2D eigenvalue weighted by Crippen LogP contribution is -2.22. The predicted molar refractivity (Wildman–Crippen MR) is 87.3 cm³/mol. The van der Waals surface area contributed by atoms with E-state index >= 15 is 0 Å². The lowest BCUT2D eigenvalue weighted by atomic mass is 10.1. The summed E-state index contributed by atoms with van der Waals surface area (Å²) in [6.45, 7) is 0.359. The van der Waals surface area contributed by atoms with Gasteiger partial charge in [-0.25, -0.2) is 4.79 Å². The number of nitrogens with zero attached hydrogens (tertiary/aromatic N) is 1. The van der Waals surface area contributed by atoms with Crippen LogP contribution in [0.5, 0.6) is 5.75 Å². The van der Waals surface area contributed by atoms with Crippen molar-refractivity contribution in [3.05, 3.63) is 70.3 Å². The number of nitroso groups, excluding NO2 is 1. The standard InChI is InChI=1S/C17H13N3O4/c21-16-15(18-17(22)19-16)8-12-6-7-13(9-14(12)20-23)24-10-11-4-2-1-3-5-11/h1-9H,10H2,(H2,18,19,21,22)/b15-8+. The third kappa shape index (κ3) is 3.46. The van der Waals surface area contributed by atoms with Gasteiger partial charge in [0, 0.05) is 11.6 Å². The number of urea groups is 1. The third-order valence-electron chi connectivity index (χ3n) is 3.37. The summed E-state index contributed by atoms with van der Waals surface area (Å²) in [5.41, 5.74) is 1.57. The Morgan fingerprint density at radius 2 is 1.83 bits per heavy atom.